The summed E-state index contributed by atoms with van der Waals surface area (Å²) < 4.78 is 7.33. The van der Waals surface area contributed by atoms with Crippen molar-refractivity contribution in [2.75, 3.05) is 0 Å². The van der Waals surface area contributed by atoms with Gasteiger partial charge in [0.1, 0.15) is 0 Å². The summed E-state index contributed by atoms with van der Waals surface area (Å²) in [6.07, 6.45) is 9.12. The van der Waals surface area contributed by atoms with Crippen LogP contribution in [0, 0.1) is 0 Å². The van der Waals surface area contributed by atoms with Crippen molar-refractivity contribution in [2.24, 2.45) is 0 Å². The Labute approximate surface area is 150 Å². The van der Waals surface area contributed by atoms with E-state index in [1.165, 1.54) is 31.3 Å². The van der Waals surface area contributed by atoms with Gasteiger partial charge in [0, 0.05) is 48.6 Å². The fourth-order valence-corrected chi connectivity index (χ4v) is 4.59. The first-order valence-electron chi connectivity index (χ1n) is 8.51. The molecule has 0 N–H and O–H groups in total. The van der Waals surface area contributed by atoms with Crippen LogP contribution < -0.4 is 0 Å². The van der Waals surface area contributed by atoms with Crippen LogP contribution in [0.2, 0.25) is 0 Å². The molecule has 0 bridgehead atoms. The number of hydrogen-bond acceptors (Lipinski definition) is 1. The normalized spacial score (nSPS) is 11.5. The molecule has 25 heavy (non-hydrogen) atoms. The van der Waals surface area contributed by atoms with Crippen molar-refractivity contribution < 1.29 is 0 Å². The Bertz CT molecular complexity index is 1040. The van der Waals surface area contributed by atoms with Gasteiger partial charge >= 0.3 is 0 Å². The Hall–Kier alpha value is -2.78. The van der Waals surface area contributed by atoms with Gasteiger partial charge in [0.2, 0.25) is 0 Å². The molecule has 0 aliphatic carbocycles. The number of hydrogen-bond donors (Lipinski definition) is 0. The zero-order valence-electron chi connectivity index (χ0n) is 13.8. The summed E-state index contributed by atoms with van der Waals surface area (Å²) in [7, 11) is 0. The maximum Gasteiger partial charge on any atom is 0.0533 e. The van der Waals surface area contributed by atoms with E-state index >= 15 is 0 Å². The number of benzene rings is 2. The van der Waals surface area contributed by atoms with E-state index in [0.29, 0.717) is 0 Å². The van der Waals surface area contributed by atoms with E-state index in [0.717, 1.165) is 13.1 Å². The van der Waals surface area contributed by atoms with Crippen molar-refractivity contribution in [1.82, 2.24) is 9.13 Å². The molecule has 0 saturated heterocycles. The minimum absolute atomic E-state index is 0.925. The average molecular weight is 342 g/mol. The van der Waals surface area contributed by atoms with Crippen LogP contribution in [0.4, 0.5) is 0 Å². The van der Waals surface area contributed by atoms with Crippen LogP contribution >= 0.6 is 11.3 Å². The second kappa shape index (κ2) is 5.94. The first kappa shape index (κ1) is 14.6. The van der Waals surface area contributed by atoms with Crippen LogP contribution in [0.15, 0.2) is 85.5 Å². The van der Waals surface area contributed by atoms with Gasteiger partial charge < -0.3 is 9.13 Å². The molecule has 0 radical (unpaired) electrons. The van der Waals surface area contributed by atoms with Crippen LogP contribution in [0.1, 0.15) is 11.1 Å². The quantitative estimate of drug-likeness (QED) is 0.393. The SMILES string of the molecule is c1ccc(Cn2cc3sc4cn(Cc5ccccc5)cc4c3c2)cc1. The lowest BCUT2D eigenvalue weighted by atomic mass is 10.2. The molecular formula is C22H18N2S. The molecule has 2 nitrogen and oxygen atoms in total. The molecular weight excluding hydrogens is 324 g/mol. The molecule has 0 aliphatic rings. The van der Waals surface area contributed by atoms with Gasteiger partial charge in [0.05, 0.1) is 9.40 Å². The summed E-state index contributed by atoms with van der Waals surface area (Å²) in [6.45, 7) is 1.85. The van der Waals surface area contributed by atoms with Crippen LogP contribution in [0.5, 0.6) is 0 Å². The van der Waals surface area contributed by atoms with Gasteiger partial charge in [0.15, 0.2) is 0 Å². The number of thiophene rings is 1. The van der Waals surface area contributed by atoms with Gasteiger partial charge in [-0.15, -0.1) is 11.3 Å². The fourth-order valence-electron chi connectivity index (χ4n) is 3.43. The van der Waals surface area contributed by atoms with E-state index in [2.05, 4.69) is 94.6 Å². The first-order valence-corrected chi connectivity index (χ1v) is 9.32. The maximum atomic E-state index is 2.30. The van der Waals surface area contributed by atoms with E-state index in [-0.39, 0.29) is 0 Å². The van der Waals surface area contributed by atoms with Crippen molar-refractivity contribution in [3.8, 4) is 0 Å². The molecule has 0 aliphatic heterocycles. The highest BCUT2D eigenvalue weighted by atomic mass is 32.1. The summed E-state index contributed by atoms with van der Waals surface area (Å²) in [6, 6.07) is 21.3. The zero-order chi connectivity index (χ0) is 16.6. The highest BCUT2D eigenvalue weighted by Gasteiger charge is 2.10. The monoisotopic (exact) mass is 342 g/mol. The molecule has 0 saturated carbocycles. The Morgan fingerprint density at radius 1 is 0.560 bits per heavy atom. The van der Waals surface area contributed by atoms with Gasteiger partial charge in [-0.25, -0.2) is 0 Å². The summed E-state index contributed by atoms with van der Waals surface area (Å²) in [4.78, 5) is 0. The molecule has 5 aromatic rings. The lowest BCUT2D eigenvalue weighted by molar-refractivity contribution is 0.809. The fraction of sp³-hybridized carbons (Fsp3) is 0.0909. The Kier molecular flexibility index (Phi) is 3.46. The van der Waals surface area contributed by atoms with E-state index in [9.17, 15) is 0 Å². The summed E-state index contributed by atoms with van der Waals surface area (Å²) >= 11 is 1.88. The van der Waals surface area contributed by atoms with Crippen molar-refractivity contribution in [1.29, 1.82) is 0 Å². The molecule has 2 aromatic carbocycles. The smallest absolute Gasteiger partial charge is 0.0533 e. The van der Waals surface area contributed by atoms with Gasteiger partial charge in [-0.1, -0.05) is 60.7 Å². The van der Waals surface area contributed by atoms with E-state index in [4.69, 9.17) is 0 Å². The summed E-state index contributed by atoms with van der Waals surface area (Å²) in [5.74, 6) is 0. The third-order valence-electron chi connectivity index (χ3n) is 4.61. The third kappa shape index (κ3) is 2.77. The first-order chi connectivity index (χ1) is 12.3. The van der Waals surface area contributed by atoms with Gasteiger partial charge in [-0.3, -0.25) is 0 Å². The topological polar surface area (TPSA) is 9.86 Å². The predicted octanol–water partition coefficient (Wildman–Crippen LogP) is 5.75. The van der Waals surface area contributed by atoms with Crippen LogP contribution in [-0.4, -0.2) is 9.13 Å². The Balaban J connectivity index is 1.47. The predicted molar refractivity (Wildman–Crippen MR) is 106 cm³/mol. The lowest BCUT2D eigenvalue weighted by Gasteiger charge is -2.02. The number of rotatable bonds is 4. The minimum Gasteiger partial charge on any atom is -0.348 e. The second-order valence-electron chi connectivity index (χ2n) is 6.49. The van der Waals surface area contributed by atoms with Crippen molar-refractivity contribution in [2.45, 2.75) is 13.1 Å². The second-order valence-corrected chi connectivity index (χ2v) is 7.57. The van der Waals surface area contributed by atoms with Gasteiger partial charge in [0.25, 0.3) is 0 Å². The van der Waals surface area contributed by atoms with Crippen molar-refractivity contribution in [3.05, 3.63) is 96.6 Å². The van der Waals surface area contributed by atoms with E-state index < -0.39 is 0 Å². The summed E-state index contributed by atoms with van der Waals surface area (Å²) in [5, 5.41) is 2.73. The van der Waals surface area contributed by atoms with E-state index in [1.807, 2.05) is 11.3 Å². The molecule has 122 valence electrons. The van der Waals surface area contributed by atoms with E-state index in [1.54, 1.807) is 0 Å². The molecule has 0 fully saturated rings. The lowest BCUT2D eigenvalue weighted by Crippen LogP contribution is -1.95. The van der Waals surface area contributed by atoms with Crippen molar-refractivity contribution in [3.63, 3.8) is 0 Å². The molecule has 3 heterocycles. The Morgan fingerprint density at radius 2 is 1.00 bits per heavy atom. The number of aromatic nitrogens is 2. The highest BCUT2D eigenvalue weighted by molar-refractivity contribution is 7.25. The van der Waals surface area contributed by atoms with Crippen molar-refractivity contribution >= 4 is 31.5 Å². The highest BCUT2D eigenvalue weighted by Crippen LogP contribution is 2.35. The van der Waals surface area contributed by atoms with Gasteiger partial charge in [-0.05, 0) is 11.1 Å². The summed E-state index contributed by atoms with van der Waals surface area (Å²) in [5.41, 5.74) is 2.67. The molecule has 3 heteroatoms. The standard InChI is InChI=1S/C22H18N2S/c1-3-7-17(8-4-1)11-23-13-19-20-14-24(12-18-9-5-2-6-10-18)16-22(20)25-21(19)15-23/h1-10,13-16H,11-12H2. The maximum absolute atomic E-state index is 2.30. The Morgan fingerprint density at radius 3 is 1.44 bits per heavy atom. The number of fused-ring (bicyclic) bond motifs is 3. The van der Waals surface area contributed by atoms with Crippen LogP contribution in [0.3, 0.4) is 0 Å². The van der Waals surface area contributed by atoms with Crippen LogP contribution in [0.25, 0.3) is 20.2 Å². The zero-order valence-corrected chi connectivity index (χ0v) is 14.6. The molecule has 0 amide bonds. The molecule has 0 unspecified atom stereocenters. The van der Waals surface area contributed by atoms with Gasteiger partial charge in [-0.2, -0.15) is 0 Å². The minimum atomic E-state index is 0.925. The largest absolute Gasteiger partial charge is 0.348 e. The average Bonchev–Trinajstić information content (AvgIpc) is 3.27. The molecule has 0 spiro atoms. The number of nitrogens with zero attached hydrogens (tertiary/aromatic N) is 2. The van der Waals surface area contributed by atoms with Crippen LogP contribution in [-0.2, 0) is 13.1 Å². The third-order valence-corrected chi connectivity index (χ3v) is 5.70. The molecule has 3 aromatic heterocycles. The molecule has 5 rings (SSSR count). The molecule has 0 atom stereocenters.